The van der Waals surface area contributed by atoms with Gasteiger partial charge in [-0.1, -0.05) is 18.2 Å². The zero-order chi connectivity index (χ0) is 22.5. The van der Waals surface area contributed by atoms with Crippen molar-refractivity contribution in [2.24, 2.45) is 0 Å². The number of carboxylic acid groups (broad SMARTS) is 1. The fourth-order valence-electron chi connectivity index (χ4n) is 3.05. The van der Waals surface area contributed by atoms with Crippen molar-refractivity contribution in [1.82, 2.24) is 20.3 Å². The standard InChI is InChI=1S/C22H18N6O4/c29-17(30)11-24-22(32)16-10-23-19-18(16)20(26-12-25-19)27-15-8-6-13(7-9-15)21(31)28-14-4-2-1-3-5-14/h1-10,12H,11H2,(H,24,32)(H,28,31)(H,29,30)(H2,23,25,26,27). The fourth-order valence-corrected chi connectivity index (χ4v) is 3.05. The second kappa shape index (κ2) is 8.96. The molecule has 2 aromatic heterocycles. The number of amides is 2. The van der Waals surface area contributed by atoms with Gasteiger partial charge in [-0.25, -0.2) is 9.97 Å². The Kier molecular flexibility index (Phi) is 5.75. The van der Waals surface area contributed by atoms with Gasteiger partial charge in [-0.3, -0.25) is 14.4 Å². The van der Waals surface area contributed by atoms with Crippen molar-refractivity contribution < 1.29 is 19.5 Å². The van der Waals surface area contributed by atoms with Gasteiger partial charge in [0, 0.05) is 23.1 Å². The van der Waals surface area contributed by atoms with E-state index < -0.39 is 18.4 Å². The number of benzene rings is 2. The minimum Gasteiger partial charge on any atom is -0.480 e. The van der Waals surface area contributed by atoms with Gasteiger partial charge in [-0.05, 0) is 36.4 Å². The quantitative estimate of drug-likeness (QED) is 0.303. The number of nitrogens with zero attached hydrogens (tertiary/aromatic N) is 2. The summed E-state index contributed by atoms with van der Waals surface area (Å²) in [4.78, 5) is 46.7. The molecule has 0 saturated carbocycles. The molecule has 0 aliphatic rings. The summed E-state index contributed by atoms with van der Waals surface area (Å²) in [6, 6.07) is 15.9. The molecule has 0 unspecified atom stereocenters. The van der Waals surface area contributed by atoms with Gasteiger partial charge >= 0.3 is 5.97 Å². The molecule has 0 atom stereocenters. The van der Waals surface area contributed by atoms with Crippen molar-refractivity contribution >= 4 is 46.0 Å². The lowest BCUT2D eigenvalue weighted by molar-refractivity contribution is -0.135. The summed E-state index contributed by atoms with van der Waals surface area (Å²) >= 11 is 0. The van der Waals surface area contributed by atoms with Gasteiger partial charge in [0.2, 0.25) is 0 Å². The van der Waals surface area contributed by atoms with Crippen LogP contribution in [0.3, 0.4) is 0 Å². The molecule has 0 radical (unpaired) electrons. The lowest BCUT2D eigenvalue weighted by atomic mass is 10.1. The van der Waals surface area contributed by atoms with Crippen molar-refractivity contribution in [2.45, 2.75) is 0 Å². The van der Waals surface area contributed by atoms with Crippen molar-refractivity contribution in [3.63, 3.8) is 0 Å². The van der Waals surface area contributed by atoms with Gasteiger partial charge in [-0.2, -0.15) is 0 Å². The van der Waals surface area contributed by atoms with Crippen LogP contribution in [-0.2, 0) is 4.79 Å². The molecule has 0 saturated heterocycles. The number of hydrogen-bond donors (Lipinski definition) is 5. The Bertz CT molecular complexity index is 1290. The van der Waals surface area contributed by atoms with Crippen LogP contribution in [0.25, 0.3) is 11.0 Å². The van der Waals surface area contributed by atoms with E-state index in [-0.39, 0.29) is 11.5 Å². The molecule has 0 aliphatic heterocycles. The zero-order valence-electron chi connectivity index (χ0n) is 16.6. The third kappa shape index (κ3) is 4.54. The Morgan fingerprint density at radius 1 is 0.906 bits per heavy atom. The minimum atomic E-state index is -1.15. The van der Waals surface area contributed by atoms with E-state index in [9.17, 15) is 14.4 Å². The minimum absolute atomic E-state index is 0.211. The van der Waals surface area contributed by atoms with E-state index in [1.807, 2.05) is 18.2 Å². The predicted molar refractivity (Wildman–Crippen MR) is 118 cm³/mol. The lowest BCUT2D eigenvalue weighted by Gasteiger charge is -2.09. The highest BCUT2D eigenvalue weighted by Crippen LogP contribution is 2.26. The SMILES string of the molecule is O=C(O)CNC(=O)c1c[nH]c2ncnc(Nc3ccc(C(=O)Nc4ccccc4)cc3)c12. The maximum Gasteiger partial charge on any atom is 0.322 e. The van der Waals surface area contributed by atoms with Crippen molar-refractivity contribution in [2.75, 3.05) is 17.2 Å². The summed E-state index contributed by atoms with van der Waals surface area (Å²) in [5, 5.41) is 17.4. The van der Waals surface area contributed by atoms with Gasteiger partial charge in [0.15, 0.2) is 0 Å². The summed E-state index contributed by atoms with van der Waals surface area (Å²) in [6.07, 6.45) is 2.78. The van der Waals surface area contributed by atoms with Gasteiger partial charge in [0.25, 0.3) is 11.8 Å². The fraction of sp³-hybridized carbons (Fsp3) is 0.0455. The van der Waals surface area contributed by atoms with E-state index in [1.165, 1.54) is 12.5 Å². The number of aromatic nitrogens is 3. The molecule has 10 nitrogen and oxygen atoms in total. The Morgan fingerprint density at radius 3 is 2.38 bits per heavy atom. The van der Waals surface area contributed by atoms with Gasteiger partial charge in [-0.15, -0.1) is 0 Å². The number of H-pyrrole nitrogens is 1. The molecule has 160 valence electrons. The zero-order valence-corrected chi connectivity index (χ0v) is 16.6. The average Bonchev–Trinajstić information content (AvgIpc) is 3.24. The topological polar surface area (TPSA) is 149 Å². The summed E-state index contributed by atoms with van der Waals surface area (Å²) in [6.45, 7) is -0.505. The first-order chi connectivity index (χ1) is 15.5. The Hall–Kier alpha value is -4.73. The number of nitrogens with one attached hydrogen (secondary N) is 4. The number of hydrogen-bond acceptors (Lipinski definition) is 6. The molecule has 2 amide bonds. The van der Waals surface area contributed by atoms with E-state index >= 15 is 0 Å². The summed E-state index contributed by atoms with van der Waals surface area (Å²) in [7, 11) is 0. The largest absolute Gasteiger partial charge is 0.480 e. The van der Waals surface area contributed by atoms with Gasteiger partial charge in [0.05, 0.1) is 10.9 Å². The van der Waals surface area contributed by atoms with E-state index in [2.05, 4.69) is 30.9 Å². The Labute approximate surface area is 181 Å². The third-order valence-corrected chi connectivity index (χ3v) is 4.56. The number of para-hydroxylation sites is 1. The molecule has 0 bridgehead atoms. The van der Waals surface area contributed by atoms with Crippen LogP contribution < -0.4 is 16.0 Å². The smallest absolute Gasteiger partial charge is 0.322 e. The molecule has 32 heavy (non-hydrogen) atoms. The van der Waals surface area contributed by atoms with Crippen molar-refractivity contribution in [3.05, 3.63) is 78.2 Å². The highest BCUT2D eigenvalue weighted by atomic mass is 16.4. The number of fused-ring (bicyclic) bond motifs is 1. The Balaban J connectivity index is 1.53. The monoisotopic (exact) mass is 430 g/mol. The third-order valence-electron chi connectivity index (χ3n) is 4.56. The highest BCUT2D eigenvalue weighted by molar-refractivity contribution is 6.10. The molecule has 5 N–H and O–H groups in total. The lowest BCUT2D eigenvalue weighted by Crippen LogP contribution is -2.29. The second-order valence-corrected chi connectivity index (χ2v) is 6.75. The number of carboxylic acids is 1. The number of anilines is 3. The van der Waals surface area contributed by atoms with Crippen LogP contribution in [-0.4, -0.2) is 44.4 Å². The molecule has 10 heteroatoms. The average molecular weight is 430 g/mol. The maximum absolute atomic E-state index is 12.4. The molecule has 4 aromatic rings. The van der Waals surface area contributed by atoms with Crippen LogP contribution in [0.2, 0.25) is 0 Å². The molecular weight excluding hydrogens is 412 g/mol. The number of aromatic amines is 1. The van der Waals surface area contributed by atoms with Crippen molar-refractivity contribution in [1.29, 1.82) is 0 Å². The van der Waals surface area contributed by atoms with Gasteiger partial charge in [0.1, 0.15) is 24.3 Å². The first-order valence-corrected chi connectivity index (χ1v) is 9.57. The van der Waals surface area contributed by atoms with Crippen LogP contribution in [0, 0.1) is 0 Å². The summed E-state index contributed by atoms with van der Waals surface area (Å²) in [5.41, 5.74) is 2.44. The summed E-state index contributed by atoms with van der Waals surface area (Å²) < 4.78 is 0. The first-order valence-electron chi connectivity index (χ1n) is 9.57. The molecular formula is C22H18N6O4. The van der Waals surface area contributed by atoms with Crippen LogP contribution in [0.15, 0.2) is 67.1 Å². The number of aliphatic carboxylic acids is 1. The molecule has 0 aliphatic carbocycles. The van der Waals surface area contributed by atoms with Crippen LogP contribution in [0.1, 0.15) is 20.7 Å². The van der Waals surface area contributed by atoms with E-state index in [0.29, 0.717) is 33.8 Å². The second-order valence-electron chi connectivity index (χ2n) is 6.75. The van der Waals surface area contributed by atoms with E-state index in [1.54, 1.807) is 36.4 Å². The number of carbonyl (C=O) groups excluding carboxylic acids is 2. The molecule has 4 rings (SSSR count). The van der Waals surface area contributed by atoms with Crippen LogP contribution >= 0.6 is 0 Å². The van der Waals surface area contributed by atoms with Crippen LogP contribution in [0.5, 0.6) is 0 Å². The first kappa shape index (κ1) is 20.5. The predicted octanol–water partition coefficient (Wildman–Crippen LogP) is 2.77. The van der Waals surface area contributed by atoms with Gasteiger partial charge < -0.3 is 26.0 Å². The van der Waals surface area contributed by atoms with E-state index in [0.717, 1.165) is 0 Å². The molecule has 2 aromatic carbocycles. The molecule has 0 fully saturated rings. The summed E-state index contributed by atoms with van der Waals surface area (Å²) in [5.74, 6) is -1.60. The normalized spacial score (nSPS) is 10.5. The highest BCUT2D eigenvalue weighted by Gasteiger charge is 2.18. The Morgan fingerprint density at radius 2 is 1.66 bits per heavy atom. The van der Waals surface area contributed by atoms with Crippen LogP contribution in [0.4, 0.5) is 17.2 Å². The number of carbonyl (C=O) groups is 3. The van der Waals surface area contributed by atoms with E-state index in [4.69, 9.17) is 5.11 Å². The number of rotatable bonds is 7. The molecule has 2 heterocycles. The maximum atomic E-state index is 12.4. The molecule has 0 spiro atoms. The van der Waals surface area contributed by atoms with Crippen molar-refractivity contribution in [3.8, 4) is 0 Å².